The summed E-state index contributed by atoms with van der Waals surface area (Å²) in [5.41, 5.74) is 7.46. The Hall–Kier alpha value is -3.20. The van der Waals surface area contributed by atoms with Crippen molar-refractivity contribution in [1.82, 2.24) is 10.2 Å². The van der Waals surface area contributed by atoms with Crippen LogP contribution in [-0.4, -0.2) is 17.2 Å². The van der Waals surface area contributed by atoms with E-state index in [0.29, 0.717) is 0 Å². The van der Waals surface area contributed by atoms with Crippen LogP contribution in [0.2, 0.25) is 0 Å². The number of allylic oxidation sites excluding steroid dienone is 6. The van der Waals surface area contributed by atoms with Crippen molar-refractivity contribution in [3.8, 4) is 0 Å². The molecule has 3 nitrogen and oxygen atoms in total. The van der Waals surface area contributed by atoms with E-state index in [1.807, 2.05) is 0 Å². The van der Waals surface area contributed by atoms with Gasteiger partial charge >= 0.3 is 0 Å². The lowest BCUT2D eigenvalue weighted by Crippen LogP contribution is -2.25. The lowest BCUT2D eigenvalue weighted by atomic mass is 9.96. The van der Waals surface area contributed by atoms with Crippen molar-refractivity contribution in [2.45, 2.75) is 46.6 Å². The van der Waals surface area contributed by atoms with Crippen molar-refractivity contribution in [1.29, 1.82) is 0 Å². The van der Waals surface area contributed by atoms with E-state index in [1.54, 1.807) is 0 Å². The summed E-state index contributed by atoms with van der Waals surface area (Å²) in [6.45, 7) is 8.76. The second-order valence-corrected chi connectivity index (χ2v) is 8.58. The summed E-state index contributed by atoms with van der Waals surface area (Å²) < 4.78 is 0. The highest BCUT2D eigenvalue weighted by Crippen LogP contribution is 2.37. The summed E-state index contributed by atoms with van der Waals surface area (Å²) in [7, 11) is 2.13. The van der Waals surface area contributed by atoms with Gasteiger partial charge in [0.15, 0.2) is 5.82 Å². The van der Waals surface area contributed by atoms with Crippen LogP contribution in [0.1, 0.15) is 57.8 Å². The molecule has 4 rings (SSSR count). The van der Waals surface area contributed by atoms with Crippen LogP contribution in [0.5, 0.6) is 0 Å². The Morgan fingerprint density at radius 1 is 0.871 bits per heavy atom. The van der Waals surface area contributed by atoms with Gasteiger partial charge in [0.2, 0.25) is 0 Å². The average Bonchev–Trinajstić information content (AvgIpc) is 2.90. The van der Waals surface area contributed by atoms with Gasteiger partial charge in [-0.25, -0.2) is 0 Å². The largest absolute Gasteiger partial charge is 0.351 e. The summed E-state index contributed by atoms with van der Waals surface area (Å²) in [4.78, 5) is 2.28. The molecule has 1 heterocycles. The van der Waals surface area contributed by atoms with Crippen LogP contribution in [0, 0.1) is 0 Å². The lowest BCUT2D eigenvalue weighted by Gasteiger charge is -2.29. The van der Waals surface area contributed by atoms with Crippen molar-refractivity contribution < 1.29 is 0 Å². The van der Waals surface area contributed by atoms with E-state index >= 15 is 0 Å². The van der Waals surface area contributed by atoms with Gasteiger partial charge in [0, 0.05) is 17.8 Å². The molecule has 31 heavy (non-hydrogen) atoms. The highest BCUT2D eigenvalue weighted by atomic mass is 15.3. The zero-order valence-corrected chi connectivity index (χ0v) is 19.2. The lowest BCUT2D eigenvalue weighted by molar-refractivity contribution is 0.640. The first-order valence-electron chi connectivity index (χ1n) is 11.1. The highest BCUT2D eigenvalue weighted by Gasteiger charge is 2.22. The van der Waals surface area contributed by atoms with Crippen molar-refractivity contribution in [3.05, 3.63) is 94.7 Å². The van der Waals surface area contributed by atoms with Gasteiger partial charge in [0.25, 0.3) is 0 Å². The van der Waals surface area contributed by atoms with Gasteiger partial charge in [-0.3, -0.25) is 0 Å². The van der Waals surface area contributed by atoms with Crippen LogP contribution in [0.15, 0.2) is 83.5 Å². The first-order chi connectivity index (χ1) is 15.0. The predicted molar refractivity (Wildman–Crippen MR) is 132 cm³/mol. The Labute approximate surface area is 185 Å². The zero-order chi connectivity index (χ0) is 22.0. The Balaban J connectivity index is 1.85. The van der Waals surface area contributed by atoms with Crippen molar-refractivity contribution in [2.24, 2.45) is 0 Å². The third-order valence-corrected chi connectivity index (χ3v) is 6.18. The van der Waals surface area contributed by atoms with Crippen LogP contribution in [0.4, 0.5) is 5.82 Å². The van der Waals surface area contributed by atoms with Crippen LogP contribution >= 0.6 is 0 Å². The molecule has 0 radical (unpaired) electrons. The number of hydrogen-bond acceptors (Lipinski definition) is 3. The fourth-order valence-electron chi connectivity index (χ4n) is 4.73. The van der Waals surface area contributed by atoms with Crippen molar-refractivity contribution >= 4 is 22.2 Å². The first kappa shape index (κ1) is 21.0. The number of rotatable bonds is 5. The molecule has 1 aliphatic carbocycles. The summed E-state index contributed by atoms with van der Waals surface area (Å²) in [6.07, 6.45) is 6.41. The van der Waals surface area contributed by atoms with Crippen LogP contribution < -0.4 is 4.90 Å². The van der Waals surface area contributed by atoms with E-state index < -0.39 is 0 Å². The normalized spacial score (nSPS) is 15.4. The smallest absolute Gasteiger partial charge is 0.159 e. The molecule has 0 amide bonds. The van der Waals surface area contributed by atoms with Crippen molar-refractivity contribution in [2.75, 3.05) is 11.9 Å². The monoisotopic (exact) mass is 409 g/mol. The van der Waals surface area contributed by atoms with E-state index in [-0.39, 0.29) is 6.04 Å². The molecule has 3 heteroatoms. The molecule has 0 fully saturated rings. The van der Waals surface area contributed by atoms with E-state index in [2.05, 4.69) is 106 Å². The number of anilines is 1. The number of fused-ring (bicyclic) bond motifs is 1. The van der Waals surface area contributed by atoms with Crippen LogP contribution in [0.25, 0.3) is 16.3 Å². The topological polar surface area (TPSA) is 29.0 Å². The van der Waals surface area contributed by atoms with Crippen LogP contribution in [-0.2, 0) is 0 Å². The molecule has 0 spiro atoms. The van der Waals surface area contributed by atoms with Gasteiger partial charge in [-0.15, -0.1) is 10.2 Å². The van der Waals surface area contributed by atoms with E-state index in [1.165, 1.54) is 27.9 Å². The third kappa shape index (κ3) is 4.18. The van der Waals surface area contributed by atoms with E-state index in [9.17, 15) is 0 Å². The van der Waals surface area contributed by atoms with Gasteiger partial charge in [-0.2, -0.15) is 0 Å². The molecule has 0 saturated heterocycles. The highest BCUT2D eigenvalue weighted by molar-refractivity contribution is 5.99. The second-order valence-electron chi connectivity index (χ2n) is 8.58. The molecule has 0 bridgehead atoms. The number of nitrogens with zero attached hydrogens (tertiary/aromatic N) is 3. The molecule has 0 aliphatic heterocycles. The van der Waals surface area contributed by atoms with Gasteiger partial charge < -0.3 is 4.90 Å². The Kier molecular flexibility index (Phi) is 6.03. The predicted octanol–water partition coefficient (Wildman–Crippen LogP) is 7.29. The molecule has 2 aromatic carbocycles. The number of hydrogen-bond donors (Lipinski definition) is 0. The molecular formula is C28H31N3. The maximum atomic E-state index is 4.81. The minimum atomic E-state index is 0.249. The minimum absolute atomic E-state index is 0.249. The molecule has 158 valence electrons. The molecule has 1 atom stereocenters. The fraction of sp³-hybridized carbons (Fsp3) is 0.286. The summed E-state index contributed by atoms with van der Waals surface area (Å²) in [6, 6.07) is 19.5. The quantitative estimate of drug-likeness (QED) is 0.443. The summed E-state index contributed by atoms with van der Waals surface area (Å²) in [5, 5.41) is 11.9. The zero-order valence-electron chi connectivity index (χ0n) is 19.2. The maximum Gasteiger partial charge on any atom is 0.159 e. The Morgan fingerprint density at radius 2 is 1.55 bits per heavy atom. The Bertz CT molecular complexity index is 1190. The van der Waals surface area contributed by atoms with Crippen molar-refractivity contribution in [3.63, 3.8) is 0 Å². The molecule has 1 aromatic heterocycles. The molecule has 1 unspecified atom stereocenters. The second kappa shape index (κ2) is 8.89. The summed E-state index contributed by atoms with van der Waals surface area (Å²) in [5.74, 6) is 0.931. The first-order valence-corrected chi connectivity index (χ1v) is 11.1. The number of aromatic nitrogens is 2. The van der Waals surface area contributed by atoms with E-state index in [4.69, 9.17) is 10.2 Å². The average molecular weight is 410 g/mol. The van der Waals surface area contributed by atoms with Crippen LogP contribution in [0.3, 0.4) is 0 Å². The van der Waals surface area contributed by atoms with Gasteiger partial charge in [-0.1, -0.05) is 84.8 Å². The molecule has 3 aromatic rings. The minimum Gasteiger partial charge on any atom is -0.351 e. The summed E-state index contributed by atoms with van der Waals surface area (Å²) >= 11 is 0. The van der Waals surface area contributed by atoms with Gasteiger partial charge in [-0.05, 0) is 50.3 Å². The standard InChI is InChI=1S/C28H31N3/c1-6-26(22-12-8-7-9-13-22)31(5)28-24-15-11-10-14-23(24)27(29-30-28)25-18-20(3)16-19(2)17-21(25)4/h7-17,26H,6,18H2,1-5H3. The molecule has 0 N–H and O–H groups in total. The van der Waals surface area contributed by atoms with E-state index in [0.717, 1.165) is 35.1 Å². The maximum absolute atomic E-state index is 4.81. The molecule has 0 saturated carbocycles. The van der Waals surface area contributed by atoms with Gasteiger partial charge in [0.1, 0.15) is 0 Å². The molecule has 1 aliphatic rings. The fourth-order valence-corrected chi connectivity index (χ4v) is 4.73. The van der Waals surface area contributed by atoms with Gasteiger partial charge in [0.05, 0.1) is 11.7 Å². The third-order valence-electron chi connectivity index (χ3n) is 6.18. The number of benzene rings is 2. The molecular weight excluding hydrogens is 378 g/mol. The SMILES string of the molecule is CCC(c1ccccc1)N(C)c1nnc(C2=C(C)C=C(C)C=C(C)C2)c2ccccc12. The Morgan fingerprint density at radius 3 is 2.26 bits per heavy atom.